The molecule has 0 saturated carbocycles. The third kappa shape index (κ3) is 4.77. The van der Waals surface area contributed by atoms with Gasteiger partial charge in [0.05, 0.1) is 16.4 Å². The molecule has 9 nitrogen and oxygen atoms in total. The fourth-order valence-electron chi connectivity index (χ4n) is 2.01. The number of hydrogen-bond donors (Lipinski definition) is 2. The van der Waals surface area contributed by atoms with Crippen molar-refractivity contribution in [2.24, 2.45) is 0 Å². The van der Waals surface area contributed by atoms with E-state index < -0.39 is 14.9 Å². The van der Waals surface area contributed by atoms with E-state index in [-0.39, 0.29) is 23.0 Å². The number of carbonyl (C=O) groups excluding carboxylic acids is 1. The Hall–Kier alpha value is -2.98. The number of anilines is 2. The van der Waals surface area contributed by atoms with Gasteiger partial charge >= 0.3 is 0 Å². The van der Waals surface area contributed by atoms with Crippen molar-refractivity contribution in [3.05, 3.63) is 58.6 Å². The lowest BCUT2D eigenvalue weighted by molar-refractivity contribution is -0.384. The van der Waals surface area contributed by atoms with Gasteiger partial charge in [-0.1, -0.05) is 0 Å². The Morgan fingerprint density at radius 3 is 2.08 bits per heavy atom. The average molecular weight is 378 g/mol. The lowest BCUT2D eigenvalue weighted by atomic mass is 10.3. The van der Waals surface area contributed by atoms with Gasteiger partial charge in [0.15, 0.2) is 0 Å². The molecule has 0 aliphatic carbocycles. The second kappa shape index (κ2) is 7.93. The van der Waals surface area contributed by atoms with Crippen LogP contribution in [-0.2, 0) is 14.8 Å². The third-order valence-electron chi connectivity index (χ3n) is 3.45. The van der Waals surface area contributed by atoms with E-state index in [9.17, 15) is 23.3 Å². The summed E-state index contributed by atoms with van der Waals surface area (Å²) in [5, 5.41) is 16.1. The lowest BCUT2D eigenvalue weighted by Gasteiger charge is -2.12. The number of sulfonamides is 1. The van der Waals surface area contributed by atoms with Crippen LogP contribution >= 0.6 is 0 Å². The lowest BCUT2D eigenvalue weighted by Crippen LogP contribution is -2.23. The van der Waals surface area contributed by atoms with Gasteiger partial charge in [0.1, 0.15) is 0 Å². The van der Waals surface area contributed by atoms with E-state index in [4.69, 9.17) is 0 Å². The van der Waals surface area contributed by atoms with Crippen molar-refractivity contribution in [1.29, 1.82) is 0 Å². The second-order valence-electron chi connectivity index (χ2n) is 5.52. The SMILES string of the molecule is CN(C)S(=O)(=O)c1ccc(NC(=O)CNc2ccc([N+](=O)[O-])cc2)cc1. The van der Waals surface area contributed by atoms with Crippen LogP contribution in [0.2, 0.25) is 0 Å². The average Bonchev–Trinajstić information content (AvgIpc) is 2.60. The molecular weight excluding hydrogens is 360 g/mol. The van der Waals surface area contributed by atoms with Crippen molar-refractivity contribution in [2.45, 2.75) is 4.90 Å². The Labute approximate surface area is 150 Å². The van der Waals surface area contributed by atoms with Gasteiger partial charge in [-0.3, -0.25) is 14.9 Å². The first-order valence-electron chi connectivity index (χ1n) is 7.51. The van der Waals surface area contributed by atoms with Crippen molar-refractivity contribution in [3.8, 4) is 0 Å². The van der Waals surface area contributed by atoms with Crippen LogP contribution in [0, 0.1) is 10.1 Å². The van der Waals surface area contributed by atoms with E-state index in [0.29, 0.717) is 11.4 Å². The minimum absolute atomic E-state index is 0.0345. The number of non-ortho nitro benzene ring substituents is 1. The first kappa shape index (κ1) is 19.3. The summed E-state index contributed by atoms with van der Waals surface area (Å²) >= 11 is 0. The van der Waals surface area contributed by atoms with E-state index >= 15 is 0 Å². The molecule has 2 aromatic carbocycles. The quantitative estimate of drug-likeness (QED) is 0.560. The van der Waals surface area contributed by atoms with Crippen molar-refractivity contribution >= 4 is 33.0 Å². The highest BCUT2D eigenvalue weighted by Crippen LogP contribution is 2.17. The summed E-state index contributed by atoms with van der Waals surface area (Å²) in [4.78, 5) is 22.2. The van der Waals surface area contributed by atoms with Gasteiger partial charge in [-0.25, -0.2) is 12.7 Å². The predicted molar refractivity (Wildman–Crippen MR) is 97.5 cm³/mol. The number of nitro groups is 1. The van der Waals surface area contributed by atoms with Crippen LogP contribution < -0.4 is 10.6 Å². The van der Waals surface area contributed by atoms with E-state index in [1.165, 1.54) is 62.6 Å². The summed E-state index contributed by atoms with van der Waals surface area (Å²) in [6.45, 7) is -0.0461. The molecule has 0 atom stereocenters. The fourth-order valence-corrected chi connectivity index (χ4v) is 2.91. The van der Waals surface area contributed by atoms with Gasteiger partial charge in [-0.05, 0) is 36.4 Å². The van der Waals surface area contributed by atoms with Gasteiger partial charge in [0.2, 0.25) is 15.9 Å². The van der Waals surface area contributed by atoms with E-state index in [0.717, 1.165) is 4.31 Å². The number of nitro benzene ring substituents is 1. The standard InChI is InChI=1S/C16H18N4O5S/c1-19(2)26(24,25)15-9-5-13(6-10-15)18-16(21)11-17-12-3-7-14(8-4-12)20(22)23/h3-10,17H,11H2,1-2H3,(H,18,21). The zero-order valence-electron chi connectivity index (χ0n) is 14.2. The molecule has 0 unspecified atom stereocenters. The summed E-state index contributed by atoms with van der Waals surface area (Å²) in [5.41, 5.74) is 0.990. The van der Waals surface area contributed by atoms with Crippen LogP contribution in [-0.4, -0.2) is 44.2 Å². The first-order valence-corrected chi connectivity index (χ1v) is 8.95. The zero-order chi connectivity index (χ0) is 19.3. The predicted octanol–water partition coefficient (Wildman–Crippen LogP) is 1.90. The Balaban J connectivity index is 1.92. The fraction of sp³-hybridized carbons (Fsp3) is 0.188. The third-order valence-corrected chi connectivity index (χ3v) is 5.28. The highest BCUT2D eigenvalue weighted by molar-refractivity contribution is 7.89. The number of carbonyl (C=O) groups is 1. The molecule has 0 spiro atoms. The molecule has 2 aromatic rings. The Bertz CT molecular complexity index is 893. The molecule has 26 heavy (non-hydrogen) atoms. The molecule has 0 aliphatic rings. The molecule has 10 heteroatoms. The van der Waals surface area contributed by atoms with Crippen molar-refractivity contribution in [3.63, 3.8) is 0 Å². The number of amides is 1. The maximum atomic E-state index is 12.0. The molecule has 138 valence electrons. The maximum absolute atomic E-state index is 12.0. The molecule has 0 saturated heterocycles. The molecular formula is C16H18N4O5S. The largest absolute Gasteiger partial charge is 0.376 e. The normalized spacial score (nSPS) is 11.2. The topological polar surface area (TPSA) is 122 Å². The highest BCUT2D eigenvalue weighted by Gasteiger charge is 2.16. The van der Waals surface area contributed by atoms with Gasteiger partial charge in [0.25, 0.3) is 5.69 Å². The Morgan fingerprint density at radius 1 is 1.04 bits per heavy atom. The summed E-state index contributed by atoms with van der Waals surface area (Å²) in [5.74, 6) is -0.341. The molecule has 0 heterocycles. The van der Waals surface area contributed by atoms with E-state index in [2.05, 4.69) is 10.6 Å². The summed E-state index contributed by atoms with van der Waals surface area (Å²) < 4.78 is 25.1. The van der Waals surface area contributed by atoms with Gasteiger partial charge in [-0.2, -0.15) is 0 Å². The van der Waals surface area contributed by atoms with E-state index in [1.807, 2.05) is 0 Å². The van der Waals surface area contributed by atoms with Crippen LogP contribution in [0.5, 0.6) is 0 Å². The zero-order valence-corrected chi connectivity index (χ0v) is 15.0. The molecule has 0 fully saturated rings. The highest BCUT2D eigenvalue weighted by atomic mass is 32.2. The van der Waals surface area contributed by atoms with Crippen LogP contribution in [0.1, 0.15) is 0 Å². The van der Waals surface area contributed by atoms with Gasteiger partial charge in [0, 0.05) is 37.6 Å². The Morgan fingerprint density at radius 2 is 1.58 bits per heavy atom. The number of nitrogens with zero attached hydrogens (tertiary/aromatic N) is 2. The number of rotatable bonds is 7. The first-order chi connectivity index (χ1) is 12.2. The molecule has 2 N–H and O–H groups in total. The monoisotopic (exact) mass is 378 g/mol. The molecule has 0 aliphatic heterocycles. The summed E-state index contributed by atoms with van der Waals surface area (Å²) in [6.07, 6.45) is 0. The molecule has 0 radical (unpaired) electrons. The number of nitrogens with one attached hydrogen (secondary N) is 2. The van der Waals surface area contributed by atoms with Crippen LogP contribution in [0.15, 0.2) is 53.4 Å². The van der Waals surface area contributed by atoms with Crippen LogP contribution in [0.25, 0.3) is 0 Å². The minimum Gasteiger partial charge on any atom is -0.376 e. The molecule has 0 aromatic heterocycles. The smallest absolute Gasteiger partial charge is 0.269 e. The number of hydrogen-bond acceptors (Lipinski definition) is 6. The summed E-state index contributed by atoms with van der Waals surface area (Å²) in [6, 6.07) is 11.5. The van der Waals surface area contributed by atoms with Crippen LogP contribution in [0.4, 0.5) is 17.1 Å². The molecule has 0 bridgehead atoms. The maximum Gasteiger partial charge on any atom is 0.269 e. The van der Waals surface area contributed by atoms with Crippen molar-refractivity contribution in [1.82, 2.24) is 4.31 Å². The van der Waals surface area contributed by atoms with Crippen LogP contribution in [0.3, 0.4) is 0 Å². The van der Waals surface area contributed by atoms with Gasteiger partial charge < -0.3 is 10.6 Å². The molecule has 1 amide bonds. The van der Waals surface area contributed by atoms with Crippen molar-refractivity contribution < 1.29 is 18.1 Å². The summed E-state index contributed by atoms with van der Waals surface area (Å²) in [7, 11) is -0.639. The molecule has 2 rings (SSSR count). The van der Waals surface area contributed by atoms with E-state index in [1.54, 1.807) is 0 Å². The van der Waals surface area contributed by atoms with Gasteiger partial charge in [-0.15, -0.1) is 0 Å². The number of benzene rings is 2. The second-order valence-corrected chi connectivity index (χ2v) is 7.67. The minimum atomic E-state index is -3.52. The van der Waals surface area contributed by atoms with Crippen molar-refractivity contribution in [2.75, 3.05) is 31.3 Å². The Kier molecular flexibility index (Phi) is 5.90.